The molecular formula is C8H5F9N2O. The van der Waals surface area contributed by atoms with E-state index in [1.807, 2.05) is 0 Å². The molecule has 0 bridgehead atoms. The molecule has 12 heteroatoms. The first-order valence-electron chi connectivity index (χ1n) is 4.62. The van der Waals surface area contributed by atoms with Crippen LogP contribution in [0.2, 0.25) is 0 Å². The summed E-state index contributed by atoms with van der Waals surface area (Å²) in [4.78, 5) is 0. The van der Waals surface area contributed by atoms with Gasteiger partial charge in [-0.3, -0.25) is 4.68 Å². The summed E-state index contributed by atoms with van der Waals surface area (Å²) in [5.74, 6) is -7.90. The number of hydrogen-bond acceptors (Lipinski definition) is 2. The van der Waals surface area contributed by atoms with Crippen molar-refractivity contribution in [1.29, 1.82) is 0 Å². The van der Waals surface area contributed by atoms with Crippen LogP contribution >= 0.6 is 0 Å². The summed E-state index contributed by atoms with van der Waals surface area (Å²) in [7, 11) is 0.867. The fourth-order valence-corrected chi connectivity index (χ4v) is 1.05. The molecule has 0 aromatic carbocycles. The standard InChI is InChI=1S/C8H5F9N2O/c1-19-2-3(7(13,14)15)4(18-19)20-8(16,17)6(11,12)5(9)10/h2,5H,1H3. The fourth-order valence-electron chi connectivity index (χ4n) is 1.05. The first kappa shape index (κ1) is 16.4. The van der Waals surface area contributed by atoms with Gasteiger partial charge in [-0.2, -0.15) is 30.7 Å². The van der Waals surface area contributed by atoms with Gasteiger partial charge in [0, 0.05) is 13.2 Å². The Morgan fingerprint density at radius 1 is 1.10 bits per heavy atom. The highest BCUT2D eigenvalue weighted by atomic mass is 19.4. The van der Waals surface area contributed by atoms with Gasteiger partial charge in [0.1, 0.15) is 5.56 Å². The number of alkyl halides is 9. The normalized spacial score (nSPS) is 13.9. The number of aryl methyl sites for hydroxylation is 1. The highest BCUT2D eigenvalue weighted by molar-refractivity contribution is 5.27. The second-order valence-electron chi connectivity index (χ2n) is 3.56. The minimum atomic E-state index is -5.98. The number of aromatic nitrogens is 2. The Bertz CT molecular complexity index is 479. The van der Waals surface area contributed by atoms with Crippen LogP contribution in [0, 0.1) is 0 Å². The molecule has 3 nitrogen and oxygen atoms in total. The molecule has 1 rings (SSSR count). The van der Waals surface area contributed by atoms with Gasteiger partial charge in [-0.15, -0.1) is 5.10 Å². The summed E-state index contributed by atoms with van der Waals surface area (Å²) >= 11 is 0. The zero-order chi connectivity index (χ0) is 15.9. The van der Waals surface area contributed by atoms with E-state index in [2.05, 4.69) is 9.84 Å². The third-order valence-electron chi connectivity index (χ3n) is 1.99. The van der Waals surface area contributed by atoms with Gasteiger partial charge in [0.05, 0.1) is 0 Å². The maximum absolute atomic E-state index is 12.8. The average Bonchev–Trinajstić information content (AvgIpc) is 2.57. The summed E-state index contributed by atoms with van der Waals surface area (Å²) in [5, 5.41) is 2.75. The van der Waals surface area contributed by atoms with Crippen LogP contribution in [0.15, 0.2) is 6.20 Å². The molecule has 0 aliphatic carbocycles. The van der Waals surface area contributed by atoms with E-state index in [9.17, 15) is 39.5 Å². The van der Waals surface area contributed by atoms with Gasteiger partial charge < -0.3 is 4.74 Å². The Kier molecular flexibility index (Phi) is 3.89. The van der Waals surface area contributed by atoms with Crippen LogP contribution < -0.4 is 4.74 Å². The lowest BCUT2D eigenvalue weighted by molar-refractivity contribution is -0.343. The van der Waals surface area contributed by atoms with E-state index in [1.165, 1.54) is 0 Å². The van der Waals surface area contributed by atoms with Crippen LogP contribution in [0.25, 0.3) is 0 Å². The highest BCUT2D eigenvalue weighted by Crippen LogP contribution is 2.43. The number of nitrogens with zero attached hydrogens (tertiary/aromatic N) is 2. The van der Waals surface area contributed by atoms with Gasteiger partial charge >= 0.3 is 24.6 Å². The predicted octanol–water partition coefficient (Wildman–Crippen LogP) is 3.31. The molecule has 0 atom stereocenters. The molecule has 0 fully saturated rings. The van der Waals surface area contributed by atoms with E-state index >= 15 is 0 Å². The van der Waals surface area contributed by atoms with Crippen LogP contribution in [0.1, 0.15) is 5.56 Å². The van der Waals surface area contributed by atoms with Crippen molar-refractivity contribution in [3.63, 3.8) is 0 Å². The van der Waals surface area contributed by atoms with Crippen molar-refractivity contribution in [2.45, 2.75) is 24.6 Å². The topological polar surface area (TPSA) is 27.1 Å². The van der Waals surface area contributed by atoms with E-state index in [1.54, 1.807) is 0 Å². The Labute approximate surface area is 104 Å². The molecule has 116 valence electrons. The van der Waals surface area contributed by atoms with E-state index in [-0.39, 0.29) is 6.20 Å². The number of hydrogen-bond donors (Lipinski definition) is 0. The molecule has 0 radical (unpaired) electrons. The molecule has 1 aromatic heterocycles. The Hall–Kier alpha value is -1.62. The van der Waals surface area contributed by atoms with Gasteiger partial charge in [0.15, 0.2) is 0 Å². The quantitative estimate of drug-likeness (QED) is 0.797. The van der Waals surface area contributed by atoms with Crippen LogP contribution in [0.3, 0.4) is 0 Å². The van der Waals surface area contributed by atoms with E-state index in [0.717, 1.165) is 7.05 Å². The summed E-state index contributed by atoms with van der Waals surface area (Å²) in [6, 6.07) is 0. The molecule has 1 heterocycles. The van der Waals surface area contributed by atoms with Gasteiger partial charge in [0.25, 0.3) is 5.88 Å². The van der Waals surface area contributed by atoms with Gasteiger partial charge in [-0.1, -0.05) is 0 Å². The van der Waals surface area contributed by atoms with Crippen molar-refractivity contribution < 1.29 is 44.3 Å². The molecule has 0 saturated heterocycles. The minimum Gasteiger partial charge on any atom is -0.408 e. The first-order chi connectivity index (χ1) is 8.79. The van der Waals surface area contributed by atoms with Crippen molar-refractivity contribution >= 4 is 0 Å². The second kappa shape index (κ2) is 4.74. The number of ether oxygens (including phenoxy) is 1. The fraction of sp³-hybridized carbons (Fsp3) is 0.625. The Morgan fingerprint density at radius 2 is 1.60 bits per heavy atom. The molecule has 0 spiro atoms. The summed E-state index contributed by atoms with van der Waals surface area (Å²) in [5.41, 5.74) is -1.90. The van der Waals surface area contributed by atoms with E-state index < -0.39 is 36.1 Å². The molecule has 0 aliphatic rings. The van der Waals surface area contributed by atoms with Crippen molar-refractivity contribution in [2.75, 3.05) is 0 Å². The van der Waals surface area contributed by atoms with Crippen molar-refractivity contribution in [1.82, 2.24) is 9.78 Å². The van der Waals surface area contributed by atoms with Gasteiger partial charge in [-0.05, 0) is 0 Å². The van der Waals surface area contributed by atoms with Crippen LogP contribution in [0.5, 0.6) is 5.88 Å². The number of rotatable bonds is 4. The lowest BCUT2D eigenvalue weighted by Crippen LogP contribution is -2.50. The van der Waals surface area contributed by atoms with Crippen molar-refractivity contribution in [3.8, 4) is 5.88 Å². The second-order valence-corrected chi connectivity index (χ2v) is 3.56. The highest BCUT2D eigenvalue weighted by Gasteiger charge is 2.66. The summed E-state index contributed by atoms with van der Waals surface area (Å²) in [6.07, 6.45) is -15.8. The zero-order valence-corrected chi connectivity index (χ0v) is 9.36. The Morgan fingerprint density at radius 3 is 2.00 bits per heavy atom. The molecule has 0 saturated carbocycles. The van der Waals surface area contributed by atoms with Crippen LogP contribution in [-0.4, -0.2) is 28.2 Å². The first-order valence-corrected chi connectivity index (χ1v) is 4.62. The SMILES string of the molecule is Cn1cc(C(F)(F)F)c(OC(F)(F)C(F)(F)C(F)F)n1. The van der Waals surface area contributed by atoms with Crippen molar-refractivity contribution in [2.24, 2.45) is 7.05 Å². The smallest absolute Gasteiger partial charge is 0.408 e. The van der Waals surface area contributed by atoms with Crippen LogP contribution in [-0.2, 0) is 13.2 Å². The molecular weight excluding hydrogens is 311 g/mol. The third kappa shape index (κ3) is 2.93. The van der Waals surface area contributed by atoms with E-state index in [4.69, 9.17) is 0 Å². The molecule has 20 heavy (non-hydrogen) atoms. The third-order valence-corrected chi connectivity index (χ3v) is 1.99. The minimum absolute atomic E-state index is 0.173. The lowest BCUT2D eigenvalue weighted by Gasteiger charge is -2.25. The molecule has 0 unspecified atom stereocenters. The predicted molar refractivity (Wildman–Crippen MR) is 44.7 cm³/mol. The van der Waals surface area contributed by atoms with Gasteiger partial charge in [0.2, 0.25) is 0 Å². The maximum Gasteiger partial charge on any atom is 0.471 e. The average molecular weight is 316 g/mol. The summed E-state index contributed by atoms with van der Waals surface area (Å²) in [6.45, 7) is 0. The molecule has 0 aliphatic heterocycles. The molecule has 0 N–H and O–H groups in total. The summed E-state index contributed by atoms with van der Waals surface area (Å²) < 4.78 is 115. The van der Waals surface area contributed by atoms with Crippen LogP contribution in [0.4, 0.5) is 39.5 Å². The molecule has 1 aromatic rings. The maximum atomic E-state index is 12.8. The molecule has 0 amide bonds. The number of halogens is 9. The lowest BCUT2D eigenvalue weighted by atomic mass is 10.3. The Balaban J connectivity index is 3.17. The van der Waals surface area contributed by atoms with E-state index in [0.29, 0.717) is 4.68 Å². The zero-order valence-electron chi connectivity index (χ0n) is 9.36. The van der Waals surface area contributed by atoms with Crippen molar-refractivity contribution in [3.05, 3.63) is 11.8 Å². The largest absolute Gasteiger partial charge is 0.471 e. The monoisotopic (exact) mass is 316 g/mol. The van der Waals surface area contributed by atoms with Gasteiger partial charge in [-0.25, -0.2) is 8.78 Å².